The Bertz CT molecular complexity index is 1680. The maximum Gasteiger partial charge on any atom is 0.341 e. The third-order valence-corrected chi connectivity index (χ3v) is 12.3. The number of nitrogens with one attached hydrogen (secondary N) is 2. The number of fused-ring (bicyclic) bond motifs is 1. The van der Waals surface area contributed by atoms with Gasteiger partial charge < -0.3 is 29.7 Å². The fourth-order valence-electron chi connectivity index (χ4n) is 9.12. The van der Waals surface area contributed by atoms with Gasteiger partial charge in [0, 0.05) is 68.2 Å². The maximum absolute atomic E-state index is 13.8. The zero-order chi connectivity index (χ0) is 37.4. The maximum atomic E-state index is 13.8. The molecule has 2 aliphatic carbocycles. The molecule has 1 saturated heterocycles. The molecule has 5 unspecified atom stereocenters. The van der Waals surface area contributed by atoms with E-state index >= 15 is 0 Å². The summed E-state index contributed by atoms with van der Waals surface area (Å²) in [5.74, 6) is -0.526. The average molecular weight is 719 g/mol. The highest BCUT2D eigenvalue weighted by Crippen LogP contribution is 2.62. The first kappa shape index (κ1) is 37.9. The number of hydrogen-bond donors (Lipinski definition) is 5. The summed E-state index contributed by atoms with van der Waals surface area (Å²) < 4.78 is 11.5. The molecule has 3 fully saturated rings. The van der Waals surface area contributed by atoms with Crippen molar-refractivity contribution in [1.82, 2.24) is 15.5 Å². The van der Waals surface area contributed by atoms with Crippen LogP contribution >= 0.6 is 0 Å². The average Bonchev–Trinajstić information content (AvgIpc) is 3.77. The van der Waals surface area contributed by atoms with Crippen LogP contribution in [-0.4, -0.2) is 122 Å². The first-order valence-corrected chi connectivity index (χ1v) is 18.3. The van der Waals surface area contributed by atoms with Crippen LogP contribution in [-0.2, 0) is 19.1 Å². The number of aliphatic hydroxyl groups excluding tert-OH is 2. The van der Waals surface area contributed by atoms with Crippen LogP contribution in [0.2, 0.25) is 0 Å². The van der Waals surface area contributed by atoms with Crippen molar-refractivity contribution in [3.05, 3.63) is 53.3 Å². The zero-order valence-electron chi connectivity index (χ0n) is 31.0. The van der Waals surface area contributed by atoms with Crippen molar-refractivity contribution < 1.29 is 34.4 Å². The lowest BCUT2D eigenvalue weighted by Crippen LogP contribution is -2.62. The Morgan fingerprint density at radius 3 is 2.65 bits per heavy atom. The largest absolute Gasteiger partial charge is 0.507 e. The SMILES string of the molecule is C=C1C(N2CCOCC2)CC2[C@](C)(CC[C@@H](O)[C@@]2(C)CO)C1CC(NC(C)C(=O)NC1=NCC=N1)C1=C/C(=C\c2ccc(N(C)C)cc2O)OC1=O. The summed E-state index contributed by atoms with van der Waals surface area (Å²) in [5.41, 5.74) is 1.61. The number of nitrogens with zero attached hydrogens (tertiary/aromatic N) is 4. The topological polar surface area (TPSA) is 169 Å². The van der Waals surface area contributed by atoms with Crippen molar-refractivity contribution in [3.63, 3.8) is 0 Å². The Balaban J connectivity index is 1.37. The molecule has 0 aromatic heterocycles. The number of benzene rings is 1. The number of cyclic esters (lactones) is 1. The van der Waals surface area contributed by atoms with Gasteiger partial charge in [-0.2, -0.15) is 0 Å². The molecular weight excluding hydrogens is 664 g/mol. The Morgan fingerprint density at radius 2 is 2.00 bits per heavy atom. The summed E-state index contributed by atoms with van der Waals surface area (Å²) in [5, 5.41) is 39.2. The van der Waals surface area contributed by atoms with Gasteiger partial charge in [0.05, 0.1) is 44.1 Å². The molecule has 0 spiro atoms. The third-order valence-electron chi connectivity index (χ3n) is 12.3. The molecule has 3 heterocycles. The fraction of sp³-hybridized carbons (Fsp3) is 0.590. The van der Waals surface area contributed by atoms with Crippen molar-refractivity contribution in [3.8, 4) is 5.75 Å². The highest BCUT2D eigenvalue weighted by atomic mass is 16.5. The molecule has 2 saturated carbocycles. The van der Waals surface area contributed by atoms with Crippen LogP contribution in [0.5, 0.6) is 5.75 Å². The number of anilines is 1. The number of hydrogen-bond acceptors (Lipinski definition) is 12. The van der Waals surface area contributed by atoms with Crippen LogP contribution in [0.25, 0.3) is 6.08 Å². The highest BCUT2D eigenvalue weighted by molar-refractivity contribution is 6.04. The fourth-order valence-corrected chi connectivity index (χ4v) is 9.12. The standard InChI is InChI=1S/C39H54N6O7/c1-23-29(38(3)10-9-34(48)39(4,22-46)33(38)21-31(23)45-13-15-51-16-14-45)20-30(42-24(2)35(49)43-37-40-11-12-41-37)28-19-27(52-36(28)50)17-25-7-8-26(44(5)6)18-32(25)47/h7-8,11,17-19,24,29-31,33-34,42,46-48H,1,9-10,12-16,20-22H2,2-6H3,(H,41,43,49)/b27-17+/t24?,29?,30?,31?,33?,34-,38-,39+/m1/s1. The number of esters is 1. The number of rotatable bonds is 10. The van der Waals surface area contributed by atoms with Crippen molar-refractivity contribution in [1.29, 1.82) is 0 Å². The van der Waals surface area contributed by atoms with Crippen LogP contribution in [0, 0.1) is 22.7 Å². The molecule has 282 valence electrons. The van der Waals surface area contributed by atoms with E-state index < -0.39 is 29.6 Å². The number of morpholine rings is 1. The third kappa shape index (κ3) is 7.34. The summed E-state index contributed by atoms with van der Waals surface area (Å²) in [6.07, 6.45) is 6.68. The smallest absolute Gasteiger partial charge is 0.341 e. The number of aliphatic imine (C=N–C) groups is 2. The lowest BCUT2D eigenvalue weighted by atomic mass is 9.45. The van der Waals surface area contributed by atoms with Crippen LogP contribution in [0.4, 0.5) is 5.69 Å². The quantitative estimate of drug-likeness (QED) is 0.179. The first-order chi connectivity index (χ1) is 24.7. The van der Waals surface area contributed by atoms with Crippen molar-refractivity contribution in [2.75, 3.05) is 58.5 Å². The molecule has 52 heavy (non-hydrogen) atoms. The molecule has 8 atom stereocenters. The van der Waals surface area contributed by atoms with Gasteiger partial charge in [0.15, 0.2) is 0 Å². The van der Waals surface area contributed by atoms with Gasteiger partial charge in [-0.05, 0) is 74.1 Å². The van der Waals surface area contributed by atoms with E-state index in [4.69, 9.17) is 16.1 Å². The summed E-state index contributed by atoms with van der Waals surface area (Å²) in [6.45, 7) is 13.7. The molecule has 1 aromatic carbocycles. The Kier molecular flexibility index (Phi) is 11.1. The number of guanidine groups is 1. The van der Waals surface area contributed by atoms with E-state index in [1.807, 2.05) is 32.0 Å². The monoisotopic (exact) mass is 718 g/mol. The Morgan fingerprint density at radius 1 is 1.25 bits per heavy atom. The van der Waals surface area contributed by atoms with Gasteiger partial charge in [-0.3, -0.25) is 20.3 Å². The molecule has 0 radical (unpaired) electrons. The Labute approximate surface area is 306 Å². The second-order valence-electron chi connectivity index (χ2n) is 15.6. The zero-order valence-corrected chi connectivity index (χ0v) is 31.0. The molecule has 1 aromatic rings. The highest BCUT2D eigenvalue weighted by Gasteiger charge is 2.60. The van der Waals surface area contributed by atoms with Crippen LogP contribution in [0.1, 0.15) is 52.0 Å². The second-order valence-corrected chi connectivity index (χ2v) is 15.6. The van der Waals surface area contributed by atoms with Gasteiger partial charge in [-0.25, -0.2) is 14.8 Å². The molecule has 1 amide bonds. The van der Waals surface area contributed by atoms with E-state index in [1.54, 1.807) is 37.4 Å². The summed E-state index contributed by atoms with van der Waals surface area (Å²) >= 11 is 0. The molecule has 0 bridgehead atoms. The number of allylic oxidation sites excluding steroid dienone is 1. The van der Waals surface area contributed by atoms with Crippen molar-refractivity contribution >= 4 is 35.8 Å². The summed E-state index contributed by atoms with van der Waals surface area (Å²) in [6, 6.07) is 3.87. The summed E-state index contributed by atoms with van der Waals surface area (Å²) in [7, 11) is 3.77. The lowest BCUT2D eigenvalue weighted by Gasteiger charge is -2.62. The van der Waals surface area contributed by atoms with Crippen molar-refractivity contribution in [2.45, 2.75) is 70.7 Å². The van der Waals surface area contributed by atoms with Gasteiger partial charge in [0.25, 0.3) is 0 Å². The van der Waals surface area contributed by atoms with Gasteiger partial charge in [-0.1, -0.05) is 26.0 Å². The number of carbonyl (C=O) groups is 2. The number of ether oxygens (including phenoxy) is 2. The minimum absolute atomic E-state index is 0.0177. The Hall–Kier alpha value is -3.88. The molecule has 5 aliphatic rings. The molecule has 3 aliphatic heterocycles. The number of aliphatic hydroxyl groups is 2. The minimum Gasteiger partial charge on any atom is -0.507 e. The van der Waals surface area contributed by atoms with Crippen LogP contribution < -0.4 is 15.5 Å². The van der Waals surface area contributed by atoms with E-state index in [2.05, 4.69) is 32.4 Å². The van der Waals surface area contributed by atoms with E-state index in [-0.39, 0.29) is 53.3 Å². The predicted octanol–water partition coefficient (Wildman–Crippen LogP) is 2.63. The second kappa shape index (κ2) is 15.2. The molecule has 5 N–H and O–H groups in total. The summed E-state index contributed by atoms with van der Waals surface area (Å²) in [4.78, 5) is 39.8. The molecule has 6 rings (SSSR count). The first-order valence-electron chi connectivity index (χ1n) is 18.3. The number of phenolic OH excluding ortho intramolecular Hbond substituents is 1. The number of carbonyl (C=O) groups excluding carboxylic acids is 2. The molecular formula is C39H54N6O7. The van der Waals surface area contributed by atoms with E-state index in [9.17, 15) is 24.9 Å². The van der Waals surface area contributed by atoms with Gasteiger partial charge in [0.1, 0.15) is 11.5 Å². The van der Waals surface area contributed by atoms with Gasteiger partial charge >= 0.3 is 5.97 Å². The number of phenols is 1. The number of aromatic hydroxyl groups is 1. The van der Waals surface area contributed by atoms with E-state index in [0.29, 0.717) is 50.2 Å². The molecule has 13 heteroatoms. The minimum atomic E-state index is -0.751. The predicted molar refractivity (Wildman–Crippen MR) is 200 cm³/mol. The van der Waals surface area contributed by atoms with Crippen molar-refractivity contribution in [2.24, 2.45) is 32.7 Å². The number of amides is 1. The normalized spacial score (nSPS) is 32.6. The molecule has 13 nitrogen and oxygen atoms in total. The van der Waals surface area contributed by atoms with Gasteiger partial charge in [-0.15, -0.1) is 0 Å². The lowest BCUT2D eigenvalue weighted by molar-refractivity contribution is -0.163. The van der Waals surface area contributed by atoms with Gasteiger partial charge in [0.2, 0.25) is 11.9 Å². The van der Waals surface area contributed by atoms with E-state index in [1.165, 1.54) is 0 Å². The van der Waals surface area contributed by atoms with Crippen LogP contribution in [0.3, 0.4) is 0 Å². The van der Waals surface area contributed by atoms with Crippen LogP contribution in [0.15, 0.2) is 57.7 Å². The van der Waals surface area contributed by atoms with E-state index in [0.717, 1.165) is 30.8 Å².